The van der Waals surface area contributed by atoms with Crippen LogP contribution in [0.3, 0.4) is 0 Å². The molecule has 0 aliphatic carbocycles. The van der Waals surface area contributed by atoms with Crippen LogP contribution >= 0.6 is 0 Å². The highest BCUT2D eigenvalue weighted by molar-refractivity contribution is 5.64. The van der Waals surface area contributed by atoms with E-state index in [4.69, 9.17) is 0 Å². The molecule has 120 valence electrons. The average Bonchev–Trinajstić information content (AvgIpc) is 2.69. The molecule has 0 saturated heterocycles. The molecule has 2 heterocycles. The second-order valence-corrected chi connectivity index (χ2v) is 5.06. The third kappa shape index (κ3) is 2.43. The Morgan fingerprint density at radius 1 is 1.36 bits per heavy atom. The predicted octanol–water partition coefficient (Wildman–Crippen LogP) is 0.987. The molecule has 22 heavy (non-hydrogen) atoms. The van der Waals surface area contributed by atoms with Gasteiger partial charge in [-0.2, -0.15) is 15.1 Å². The lowest BCUT2D eigenvalue weighted by atomic mass is 10.0. The van der Waals surface area contributed by atoms with Crippen LogP contribution in [0.15, 0.2) is 6.07 Å². The van der Waals surface area contributed by atoms with Gasteiger partial charge in [0.05, 0.1) is 11.1 Å². The maximum Gasteiger partial charge on any atom is 0.269 e. The number of quaternary nitrogens is 1. The van der Waals surface area contributed by atoms with Crippen LogP contribution in [0.5, 0.6) is 0 Å². The second kappa shape index (κ2) is 5.59. The second-order valence-electron chi connectivity index (χ2n) is 5.06. The summed E-state index contributed by atoms with van der Waals surface area (Å²) in [4.78, 5) is 0. The number of hydrogen-bond donors (Lipinski definition) is 2. The van der Waals surface area contributed by atoms with Crippen LogP contribution in [0.25, 0.3) is 11.4 Å². The quantitative estimate of drug-likeness (QED) is 0.502. The predicted molar refractivity (Wildman–Crippen MR) is 72.5 cm³/mol. The molecule has 1 atom stereocenters. The van der Waals surface area contributed by atoms with E-state index in [1.54, 1.807) is 0 Å². The Balaban J connectivity index is 2.75. The molecule has 0 fully saturated rings. The maximum absolute atomic E-state index is 12.9. The van der Waals surface area contributed by atoms with E-state index in [-0.39, 0.29) is 28.5 Å². The van der Waals surface area contributed by atoms with E-state index in [1.807, 2.05) is 0 Å². The van der Waals surface area contributed by atoms with Crippen molar-refractivity contribution in [1.29, 1.82) is 0 Å². The van der Waals surface area contributed by atoms with Gasteiger partial charge in [0.15, 0.2) is 11.4 Å². The normalized spacial score (nSPS) is 13.0. The van der Waals surface area contributed by atoms with Crippen molar-refractivity contribution in [2.75, 3.05) is 0 Å². The van der Waals surface area contributed by atoms with Crippen molar-refractivity contribution in [3.05, 3.63) is 38.9 Å². The van der Waals surface area contributed by atoms with E-state index in [1.165, 1.54) is 33.9 Å². The minimum atomic E-state index is -2.76. The van der Waals surface area contributed by atoms with E-state index in [0.717, 1.165) is 4.68 Å². The first kappa shape index (κ1) is 16.3. The van der Waals surface area contributed by atoms with Gasteiger partial charge in [0.2, 0.25) is 5.69 Å². The van der Waals surface area contributed by atoms with Crippen molar-refractivity contribution < 1.29 is 23.9 Å². The number of alkyl halides is 2. The summed E-state index contributed by atoms with van der Waals surface area (Å²) in [7, 11) is 1.45. The van der Waals surface area contributed by atoms with Gasteiger partial charge in [0.1, 0.15) is 0 Å². The molecule has 0 bridgehead atoms. The number of nitrogens with zero attached hydrogens (tertiary/aromatic N) is 3. The molecular weight excluding hydrogens is 298 g/mol. The van der Waals surface area contributed by atoms with Crippen molar-refractivity contribution in [1.82, 2.24) is 9.78 Å². The topological polar surface area (TPSA) is 92.5 Å². The van der Waals surface area contributed by atoms with Crippen LogP contribution in [0.2, 0.25) is 0 Å². The Bertz CT molecular complexity index is 729. The van der Waals surface area contributed by atoms with Crippen LogP contribution in [0.1, 0.15) is 28.8 Å². The Hall–Kier alpha value is -2.10. The maximum atomic E-state index is 12.9. The van der Waals surface area contributed by atoms with Crippen molar-refractivity contribution in [2.45, 2.75) is 27.2 Å². The van der Waals surface area contributed by atoms with Gasteiger partial charge in [0, 0.05) is 19.5 Å². The Morgan fingerprint density at radius 3 is 2.41 bits per heavy atom. The Morgan fingerprint density at radius 2 is 1.95 bits per heavy atom. The lowest BCUT2D eigenvalue weighted by Gasteiger charge is -2.13. The van der Waals surface area contributed by atoms with Gasteiger partial charge < -0.3 is 10.4 Å². The Labute approximate surface area is 125 Å². The van der Waals surface area contributed by atoms with E-state index in [2.05, 4.69) is 5.10 Å². The molecule has 0 spiro atoms. The van der Waals surface area contributed by atoms with Gasteiger partial charge >= 0.3 is 0 Å². The van der Waals surface area contributed by atoms with Gasteiger partial charge in [-0.05, 0) is 19.9 Å². The van der Waals surface area contributed by atoms with Crippen molar-refractivity contribution in [2.24, 2.45) is 7.05 Å². The number of halogens is 2. The summed E-state index contributed by atoms with van der Waals surface area (Å²) >= 11 is 0. The first-order chi connectivity index (χ1) is 10.2. The average molecular weight is 314 g/mol. The number of pyridine rings is 1. The number of aromatic nitrogens is 3. The van der Waals surface area contributed by atoms with E-state index in [9.17, 15) is 24.4 Å². The zero-order chi connectivity index (χ0) is 16.8. The summed E-state index contributed by atoms with van der Waals surface area (Å²) in [5, 5.41) is 35.6. The summed E-state index contributed by atoms with van der Waals surface area (Å²) < 4.78 is 27.4. The molecule has 9 heteroatoms. The zero-order valence-electron chi connectivity index (χ0n) is 12.5. The minimum absolute atomic E-state index is 0.0509. The van der Waals surface area contributed by atoms with Crippen LogP contribution < -0.4 is 9.96 Å². The largest absolute Gasteiger partial charge is 0.618 e. The lowest BCUT2D eigenvalue weighted by Crippen LogP contribution is -3.00. The molecule has 0 amide bonds. The van der Waals surface area contributed by atoms with E-state index >= 15 is 0 Å². The van der Waals surface area contributed by atoms with Gasteiger partial charge in [0.25, 0.3) is 12.2 Å². The number of hydrogen-bond acceptors (Lipinski definition) is 4. The molecular formula is C13H16F2N4O3. The third-order valence-electron chi connectivity index (χ3n) is 3.62. The van der Waals surface area contributed by atoms with Crippen LogP contribution in [0.4, 0.5) is 14.6 Å². The van der Waals surface area contributed by atoms with Gasteiger partial charge in [-0.15, -0.1) is 0 Å². The zero-order valence-corrected chi connectivity index (χ0v) is 12.5. The fraction of sp³-hybridized carbons (Fsp3) is 0.385. The highest BCUT2D eigenvalue weighted by Crippen LogP contribution is 2.29. The molecule has 0 radical (unpaired) electrons. The van der Waals surface area contributed by atoms with Gasteiger partial charge in [-0.1, -0.05) is 0 Å². The molecule has 2 aromatic heterocycles. The molecule has 0 saturated carbocycles. The first-order valence-electron chi connectivity index (χ1n) is 6.45. The molecule has 2 rings (SSSR count). The lowest BCUT2D eigenvalue weighted by molar-refractivity contribution is -0.994. The van der Waals surface area contributed by atoms with Gasteiger partial charge in [-0.25, -0.2) is 18.7 Å². The van der Waals surface area contributed by atoms with Crippen LogP contribution in [0, 0.1) is 31.2 Å². The monoisotopic (exact) mass is 314 g/mol. The third-order valence-corrected chi connectivity index (χ3v) is 3.62. The standard InChI is InChI=1S/C13H16F2N4O3/c1-6-5-9(12(14)15)8(3)18(20)11(6)10-7(2)13(19(21)22)17(4)16-10/h5,12,19,21H,1-4H3. The van der Waals surface area contributed by atoms with Crippen molar-refractivity contribution in [3.63, 3.8) is 0 Å². The van der Waals surface area contributed by atoms with Crippen molar-refractivity contribution >= 4 is 5.82 Å². The first-order valence-corrected chi connectivity index (χ1v) is 6.45. The Kier molecular flexibility index (Phi) is 4.14. The molecule has 2 N–H and O–H groups in total. The van der Waals surface area contributed by atoms with Gasteiger partial charge in [-0.3, -0.25) is 0 Å². The smallest absolute Gasteiger partial charge is 0.269 e. The van der Waals surface area contributed by atoms with E-state index in [0.29, 0.717) is 15.9 Å². The summed E-state index contributed by atoms with van der Waals surface area (Å²) in [6.07, 6.45) is -2.76. The van der Waals surface area contributed by atoms with Crippen molar-refractivity contribution in [3.8, 4) is 11.4 Å². The highest BCUT2D eigenvalue weighted by Gasteiger charge is 2.29. The summed E-state index contributed by atoms with van der Waals surface area (Å²) in [6, 6.07) is 1.23. The number of nitrogens with one attached hydrogen (secondary N) is 1. The summed E-state index contributed by atoms with van der Waals surface area (Å²) in [5.74, 6) is -0.0509. The molecule has 0 aliphatic heterocycles. The van der Waals surface area contributed by atoms with Crippen LogP contribution in [-0.2, 0) is 7.05 Å². The number of aryl methyl sites for hydroxylation is 2. The fourth-order valence-corrected chi connectivity index (χ4v) is 2.51. The molecule has 0 aromatic carbocycles. The SMILES string of the molecule is Cc1cc(C(F)F)c(C)[n+]([O-])c1-c1nn(C)c([NH+]([O-])O)c1C. The summed E-state index contributed by atoms with van der Waals surface area (Å²) in [6.45, 7) is 4.35. The number of rotatable bonds is 3. The minimum Gasteiger partial charge on any atom is -0.618 e. The highest BCUT2D eigenvalue weighted by atomic mass is 19.3. The van der Waals surface area contributed by atoms with Crippen LogP contribution in [-0.4, -0.2) is 15.0 Å². The fourth-order valence-electron chi connectivity index (χ4n) is 2.51. The van der Waals surface area contributed by atoms with E-state index < -0.39 is 11.7 Å². The molecule has 0 aliphatic rings. The molecule has 2 aromatic rings. The molecule has 1 unspecified atom stereocenters. The summed E-state index contributed by atoms with van der Waals surface area (Å²) in [5.41, 5.74) is 0.417. The molecule has 7 nitrogen and oxygen atoms in total.